The third kappa shape index (κ3) is 30.1. The van der Waals surface area contributed by atoms with Crippen molar-refractivity contribution < 1.29 is 37.0 Å². The zero-order valence-corrected chi connectivity index (χ0v) is 28.3. The minimum atomic E-state index is -4.11. The lowest BCUT2D eigenvalue weighted by molar-refractivity contribution is -0.226. The van der Waals surface area contributed by atoms with Crippen LogP contribution in [0.15, 0.2) is 0 Å². The molecule has 38 heavy (non-hydrogen) atoms. The Morgan fingerprint density at radius 2 is 0.553 bits per heavy atom. The topological polar surface area (TPSA) is 117 Å². The van der Waals surface area contributed by atoms with Crippen LogP contribution in [0.3, 0.4) is 0 Å². The number of halogens is 2. The number of phosphoric acid groups is 2. The van der Waals surface area contributed by atoms with Crippen LogP contribution < -0.4 is 9.79 Å². The Bertz CT molecular complexity index is 552. The van der Waals surface area contributed by atoms with Gasteiger partial charge >= 0.3 is 0 Å². The average molecular weight is 714 g/mol. The normalized spacial score (nSPS) is 14.9. The van der Waals surface area contributed by atoms with Crippen LogP contribution >= 0.6 is 47.5 Å². The molecule has 0 fully saturated rings. The molecular weight excluding hydrogens is 662 g/mol. The summed E-state index contributed by atoms with van der Waals surface area (Å²) in [5, 5.41) is 0.943. The summed E-state index contributed by atoms with van der Waals surface area (Å²) in [6.45, 7) is 0.643. The molecule has 0 heterocycles. The maximum Gasteiger partial charge on any atom is 0.267 e. The van der Waals surface area contributed by atoms with Gasteiger partial charge < -0.3 is 27.9 Å². The average Bonchev–Trinajstić information content (AvgIpc) is 2.88. The van der Waals surface area contributed by atoms with Crippen molar-refractivity contribution in [2.45, 2.75) is 128 Å². The second-order valence-corrected chi connectivity index (χ2v) is 14.1. The third-order valence-corrected chi connectivity index (χ3v) is 8.83. The van der Waals surface area contributed by atoms with Crippen molar-refractivity contribution in [2.75, 3.05) is 37.1 Å². The lowest BCUT2D eigenvalue weighted by atomic mass is 10.0. The van der Waals surface area contributed by atoms with E-state index in [1.165, 1.54) is 89.9 Å². The van der Waals surface area contributed by atoms with E-state index in [1.807, 2.05) is 0 Å². The van der Waals surface area contributed by atoms with E-state index < -0.39 is 15.6 Å². The maximum atomic E-state index is 11.4. The van der Waals surface area contributed by atoms with Gasteiger partial charge in [0.05, 0.1) is 26.4 Å². The van der Waals surface area contributed by atoms with E-state index in [1.54, 1.807) is 0 Å². The molecule has 12 heteroatoms. The molecule has 8 nitrogen and oxygen atoms in total. The van der Waals surface area contributed by atoms with E-state index in [0.29, 0.717) is 10.7 Å². The Morgan fingerprint density at radius 1 is 0.368 bits per heavy atom. The van der Waals surface area contributed by atoms with Gasteiger partial charge in [-0.05, 0) is 12.8 Å². The van der Waals surface area contributed by atoms with E-state index >= 15 is 0 Å². The molecule has 0 radical (unpaired) electrons. The van der Waals surface area contributed by atoms with Crippen LogP contribution in [-0.2, 0) is 27.2 Å². The van der Waals surface area contributed by atoms with Crippen LogP contribution in [0.1, 0.15) is 128 Å². The van der Waals surface area contributed by atoms with Gasteiger partial charge in [-0.25, -0.2) is 0 Å². The van der Waals surface area contributed by atoms with Crippen molar-refractivity contribution in [1.29, 1.82) is 0 Å². The van der Waals surface area contributed by atoms with Gasteiger partial charge in [0, 0.05) is 10.7 Å². The van der Waals surface area contributed by atoms with Crippen LogP contribution in [0.2, 0.25) is 0 Å². The number of hydrogen-bond acceptors (Lipinski definition) is 8. The fourth-order valence-corrected chi connectivity index (χ4v) is 6.41. The van der Waals surface area contributed by atoms with Gasteiger partial charge in [-0.1, -0.05) is 147 Å². The van der Waals surface area contributed by atoms with E-state index in [9.17, 15) is 18.9 Å². The quantitative estimate of drug-likeness (QED) is 0.0398. The van der Waals surface area contributed by atoms with E-state index in [2.05, 4.69) is 40.9 Å². The van der Waals surface area contributed by atoms with Crippen molar-refractivity contribution in [3.63, 3.8) is 0 Å². The lowest BCUT2D eigenvalue weighted by Gasteiger charge is -2.22. The molecule has 0 aliphatic heterocycles. The summed E-state index contributed by atoms with van der Waals surface area (Å²) < 4.78 is 41.7. The fourth-order valence-electron chi connectivity index (χ4n) is 4.11. The van der Waals surface area contributed by atoms with Gasteiger partial charge in [0.25, 0.3) is 15.6 Å². The Labute approximate surface area is 249 Å². The van der Waals surface area contributed by atoms with Gasteiger partial charge in [-0.2, -0.15) is 0 Å². The molecule has 2 unspecified atom stereocenters. The van der Waals surface area contributed by atoms with Crippen molar-refractivity contribution in [2.24, 2.45) is 0 Å². The van der Waals surface area contributed by atoms with Gasteiger partial charge in [0.2, 0.25) is 0 Å². The van der Waals surface area contributed by atoms with Gasteiger partial charge in [-0.3, -0.25) is 9.13 Å². The molecule has 0 bridgehead atoms. The van der Waals surface area contributed by atoms with Gasteiger partial charge in [-0.15, -0.1) is 0 Å². The molecule has 2 atom stereocenters. The fraction of sp³-hybridized carbons (Fsp3) is 1.00. The zero-order chi connectivity index (χ0) is 28.2. The number of phosphoric ester groups is 2. The van der Waals surface area contributed by atoms with Crippen LogP contribution in [0.25, 0.3) is 0 Å². The molecule has 0 N–H and O–H groups in total. The van der Waals surface area contributed by atoms with Crippen LogP contribution in [0, 0.1) is 0 Å². The van der Waals surface area contributed by atoms with Crippen molar-refractivity contribution >= 4 is 47.5 Å². The number of rotatable bonds is 31. The highest BCUT2D eigenvalue weighted by molar-refractivity contribution is 9.09. The highest BCUT2D eigenvalue weighted by atomic mass is 79.9. The Morgan fingerprint density at radius 3 is 0.763 bits per heavy atom. The summed E-state index contributed by atoms with van der Waals surface area (Å²) in [5.74, 6) is 0. The highest BCUT2D eigenvalue weighted by Crippen LogP contribution is 2.39. The van der Waals surface area contributed by atoms with E-state index in [4.69, 9.17) is 9.05 Å². The monoisotopic (exact) mass is 712 g/mol. The number of hydrogen-bond donors (Lipinski definition) is 0. The minimum absolute atomic E-state index is 0.107. The molecule has 0 aromatic carbocycles. The zero-order valence-electron chi connectivity index (χ0n) is 23.3. The Hall–Kier alpha value is 1.18. The first-order valence-electron chi connectivity index (χ1n) is 14.6. The molecule has 0 aliphatic rings. The molecule has 0 aromatic rings. The predicted octanol–water partition coefficient (Wildman–Crippen LogP) is 8.58. The molecular formula is C26H52Br2O8P2-2. The van der Waals surface area contributed by atoms with Crippen LogP contribution in [-0.4, -0.2) is 37.1 Å². The third-order valence-electron chi connectivity index (χ3n) is 6.19. The summed E-state index contributed by atoms with van der Waals surface area (Å²) >= 11 is 6.23. The maximum absolute atomic E-state index is 11.4. The van der Waals surface area contributed by atoms with Crippen molar-refractivity contribution in [3.8, 4) is 0 Å². The highest BCUT2D eigenvalue weighted by Gasteiger charge is 2.08. The minimum Gasteiger partial charge on any atom is -0.756 e. The molecule has 0 aliphatic carbocycles. The van der Waals surface area contributed by atoms with Gasteiger partial charge in [0.15, 0.2) is 0 Å². The second kappa shape index (κ2) is 28.3. The van der Waals surface area contributed by atoms with Crippen molar-refractivity contribution in [1.82, 2.24) is 0 Å². The van der Waals surface area contributed by atoms with Crippen LogP contribution in [0.5, 0.6) is 0 Å². The SMILES string of the molecule is O=P([O-])(OCCBr)OCCCCCCCCCCCCCCCCCCCCCCOP(=O)([O-])OCCBr. The first-order chi connectivity index (χ1) is 18.3. The summed E-state index contributed by atoms with van der Waals surface area (Å²) in [6.07, 6.45) is 24.0. The van der Waals surface area contributed by atoms with E-state index in [-0.39, 0.29) is 26.4 Å². The second-order valence-electron chi connectivity index (χ2n) is 9.68. The summed E-state index contributed by atoms with van der Waals surface area (Å²) in [5.41, 5.74) is 0. The largest absolute Gasteiger partial charge is 0.756 e. The first-order valence-corrected chi connectivity index (χ1v) is 19.8. The Kier molecular flexibility index (Phi) is 29.2. The summed E-state index contributed by atoms with van der Waals surface area (Å²) in [6, 6.07) is 0. The van der Waals surface area contributed by atoms with Crippen molar-refractivity contribution in [3.05, 3.63) is 0 Å². The smallest absolute Gasteiger partial charge is 0.267 e. The first kappa shape index (κ1) is 39.2. The van der Waals surface area contributed by atoms with Gasteiger partial charge in [0.1, 0.15) is 0 Å². The predicted molar refractivity (Wildman–Crippen MR) is 159 cm³/mol. The Balaban J connectivity index is 3.20. The molecule has 230 valence electrons. The molecule has 0 aromatic heterocycles. The number of unbranched alkanes of at least 4 members (excludes halogenated alkanes) is 19. The molecule has 0 saturated heterocycles. The lowest BCUT2D eigenvalue weighted by Crippen LogP contribution is -2.10. The van der Waals surface area contributed by atoms with E-state index in [0.717, 1.165) is 38.5 Å². The molecule has 0 rings (SSSR count). The summed E-state index contributed by atoms with van der Waals surface area (Å²) in [4.78, 5) is 22.8. The molecule has 0 saturated carbocycles. The van der Waals surface area contributed by atoms with Crippen LogP contribution in [0.4, 0.5) is 0 Å². The summed E-state index contributed by atoms with van der Waals surface area (Å²) in [7, 11) is -8.22. The standard InChI is InChI=1S/C26H54Br2O8P2/c27-21-25-35-37(29,30)33-23-19-17-15-13-11-9-7-5-3-1-2-4-6-8-10-12-14-16-18-20-24-34-38(31,32)36-26-22-28/h1-26H2,(H,29,30)(H,31,32)/p-2. The number of alkyl halides is 2. The molecule has 0 spiro atoms. The molecule has 0 amide bonds.